The molecule has 1 aliphatic carbocycles. The van der Waals surface area contributed by atoms with E-state index in [2.05, 4.69) is 9.97 Å². The van der Waals surface area contributed by atoms with E-state index in [9.17, 15) is 18.4 Å². The summed E-state index contributed by atoms with van der Waals surface area (Å²) in [6.45, 7) is 0.728. The van der Waals surface area contributed by atoms with Gasteiger partial charge in [0, 0.05) is 24.5 Å². The molecule has 3 atom stereocenters. The highest BCUT2D eigenvalue weighted by molar-refractivity contribution is 5.90. The zero-order valence-electron chi connectivity index (χ0n) is 18.1. The zero-order valence-corrected chi connectivity index (χ0v) is 18.1. The number of nitrogens with zero attached hydrogens (tertiary/aromatic N) is 3. The Labute approximate surface area is 190 Å². The number of ether oxygens (including phenoxy) is 1. The van der Waals surface area contributed by atoms with Crippen molar-refractivity contribution in [3.63, 3.8) is 0 Å². The summed E-state index contributed by atoms with van der Waals surface area (Å²) in [4.78, 5) is 37.8. The third-order valence-corrected chi connectivity index (χ3v) is 6.19. The normalized spacial score (nSPS) is 23.2. The smallest absolute Gasteiger partial charge is 0.267 e. The molecule has 33 heavy (non-hydrogen) atoms. The highest BCUT2D eigenvalue weighted by Crippen LogP contribution is 2.36. The predicted molar refractivity (Wildman–Crippen MR) is 113 cm³/mol. The van der Waals surface area contributed by atoms with Crippen molar-refractivity contribution in [2.75, 3.05) is 13.2 Å². The summed E-state index contributed by atoms with van der Waals surface area (Å²) in [5.74, 6) is -1.86. The van der Waals surface area contributed by atoms with Gasteiger partial charge in [0.15, 0.2) is 0 Å². The lowest BCUT2D eigenvalue weighted by Gasteiger charge is -2.27. The number of carbonyl (C=O) groups is 2. The van der Waals surface area contributed by atoms with E-state index >= 15 is 0 Å². The summed E-state index contributed by atoms with van der Waals surface area (Å²) >= 11 is 0. The van der Waals surface area contributed by atoms with Crippen molar-refractivity contribution < 1.29 is 27.9 Å². The van der Waals surface area contributed by atoms with Crippen LogP contribution in [0.1, 0.15) is 60.6 Å². The molecular weight excluding hydrogens is 434 g/mol. The van der Waals surface area contributed by atoms with Gasteiger partial charge in [-0.1, -0.05) is 6.42 Å². The Bertz CT molecular complexity index is 1000. The number of nitrogens with two attached hydrogens (primary N) is 1. The highest BCUT2D eigenvalue weighted by atomic mass is 19.1. The molecule has 2 N–H and O–H groups in total. The van der Waals surface area contributed by atoms with Crippen LogP contribution in [0.4, 0.5) is 8.78 Å². The topological polar surface area (TPSA) is 108 Å². The maximum atomic E-state index is 13.7. The standard InChI is InChI=1S/C23H26F2N4O4/c24-17-8-16(9-18(25)10-17)20-6-7-33-29(20)23(31)15-3-1-2-14(4-5-15)12-32-21-11-19(22(26)30)27-13-28-21/h8-11,13-15,20H,1-7,12H2,(H2,26,30)/t14-,15-,20-/m0/s1. The second kappa shape index (κ2) is 10.2. The van der Waals surface area contributed by atoms with Crippen LogP contribution in [-0.4, -0.2) is 40.1 Å². The van der Waals surface area contributed by atoms with Crippen LogP contribution in [0.15, 0.2) is 30.6 Å². The third-order valence-electron chi connectivity index (χ3n) is 6.19. The van der Waals surface area contributed by atoms with Gasteiger partial charge in [0.2, 0.25) is 11.8 Å². The van der Waals surface area contributed by atoms with Gasteiger partial charge in [-0.15, -0.1) is 0 Å². The van der Waals surface area contributed by atoms with Crippen molar-refractivity contribution in [1.82, 2.24) is 15.0 Å². The van der Waals surface area contributed by atoms with Crippen LogP contribution in [0.5, 0.6) is 5.88 Å². The van der Waals surface area contributed by atoms with Gasteiger partial charge in [-0.3, -0.25) is 14.4 Å². The summed E-state index contributed by atoms with van der Waals surface area (Å²) in [5, 5.41) is 1.31. The third kappa shape index (κ3) is 5.62. The molecule has 2 fully saturated rings. The SMILES string of the molecule is NC(=O)c1cc(OC[C@H]2CCC[C@H](C(=O)N3OCC[C@H]3c3cc(F)cc(F)c3)CC2)ncn1. The molecule has 0 bridgehead atoms. The molecule has 2 amide bonds. The van der Waals surface area contributed by atoms with Crippen molar-refractivity contribution in [2.24, 2.45) is 17.6 Å². The molecular formula is C23H26F2N4O4. The monoisotopic (exact) mass is 460 g/mol. The van der Waals surface area contributed by atoms with Gasteiger partial charge in [-0.25, -0.2) is 23.8 Å². The van der Waals surface area contributed by atoms with E-state index in [1.165, 1.54) is 29.6 Å². The van der Waals surface area contributed by atoms with Crippen LogP contribution in [0, 0.1) is 23.5 Å². The number of primary amides is 1. The number of carbonyl (C=O) groups excluding carboxylic acids is 2. The minimum atomic E-state index is -0.673. The minimum absolute atomic E-state index is 0.0878. The number of benzene rings is 1. The van der Waals surface area contributed by atoms with Gasteiger partial charge in [0.1, 0.15) is 23.7 Å². The van der Waals surface area contributed by atoms with Crippen LogP contribution in [0.3, 0.4) is 0 Å². The molecule has 176 valence electrons. The number of halogens is 2. The van der Waals surface area contributed by atoms with Crippen molar-refractivity contribution in [3.05, 3.63) is 53.5 Å². The molecule has 10 heteroatoms. The number of aromatic nitrogens is 2. The molecule has 1 aliphatic heterocycles. The summed E-state index contributed by atoms with van der Waals surface area (Å²) in [6.07, 6.45) is 5.59. The molecule has 1 saturated heterocycles. The first-order valence-electron chi connectivity index (χ1n) is 11.1. The van der Waals surface area contributed by atoms with Crippen LogP contribution in [0.25, 0.3) is 0 Å². The molecule has 1 aromatic carbocycles. The van der Waals surface area contributed by atoms with E-state index in [1.807, 2.05) is 0 Å². The Morgan fingerprint density at radius 3 is 2.61 bits per heavy atom. The average Bonchev–Trinajstić information content (AvgIpc) is 3.16. The van der Waals surface area contributed by atoms with Gasteiger partial charge >= 0.3 is 0 Å². The first-order chi connectivity index (χ1) is 15.9. The van der Waals surface area contributed by atoms with E-state index in [0.717, 1.165) is 25.3 Å². The summed E-state index contributed by atoms with van der Waals surface area (Å²) in [7, 11) is 0. The Balaban J connectivity index is 1.34. The van der Waals surface area contributed by atoms with Crippen molar-refractivity contribution in [1.29, 1.82) is 0 Å². The zero-order chi connectivity index (χ0) is 23.4. The second-order valence-corrected chi connectivity index (χ2v) is 8.49. The predicted octanol–water partition coefficient (Wildman–Crippen LogP) is 3.33. The lowest BCUT2D eigenvalue weighted by atomic mass is 9.96. The number of hydrogen-bond acceptors (Lipinski definition) is 6. The Morgan fingerprint density at radius 1 is 1.06 bits per heavy atom. The van der Waals surface area contributed by atoms with Gasteiger partial charge in [0.05, 0.1) is 19.3 Å². The molecule has 0 radical (unpaired) electrons. The molecule has 2 aromatic rings. The van der Waals surface area contributed by atoms with Gasteiger partial charge < -0.3 is 10.5 Å². The number of amides is 2. The molecule has 4 rings (SSSR count). The van der Waals surface area contributed by atoms with Crippen molar-refractivity contribution in [3.8, 4) is 5.88 Å². The first kappa shape index (κ1) is 23.0. The lowest BCUT2D eigenvalue weighted by Crippen LogP contribution is -2.35. The van der Waals surface area contributed by atoms with E-state index in [4.69, 9.17) is 15.3 Å². The van der Waals surface area contributed by atoms with E-state index in [1.54, 1.807) is 0 Å². The molecule has 1 saturated carbocycles. The quantitative estimate of drug-likeness (QED) is 0.663. The minimum Gasteiger partial charge on any atom is -0.477 e. The second-order valence-electron chi connectivity index (χ2n) is 8.49. The first-order valence-corrected chi connectivity index (χ1v) is 11.1. The van der Waals surface area contributed by atoms with Gasteiger partial charge in [0.25, 0.3) is 5.91 Å². The number of hydrogen-bond donors (Lipinski definition) is 1. The Hall–Kier alpha value is -3.14. The summed E-state index contributed by atoms with van der Waals surface area (Å²) < 4.78 is 33.1. The maximum absolute atomic E-state index is 13.7. The van der Waals surface area contributed by atoms with E-state index in [-0.39, 0.29) is 29.3 Å². The summed E-state index contributed by atoms with van der Waals surface area (Å²) in [5.41, 5.74) is 5.72. The lowest BCUT2D eigenvalue weighted by molar-refractivity contribution is -0.182. The molecule has 2 heterocycles. The van der Waals surface area contributed by atoms with Crippen molar-refractivity contribution >= 4 is 11.8 Å². The Kier molecular flexibility index (Phi) is 7.12. The van der Waals surface area contributed by atoms with E-state index in [0.29, 0.717) is 38.0 Å². The van der Waals surface area contributed by atoms with Gasteiger partial charge in [-0.05, 0) is 49.3 Å². The van der Waals surface area contributed by atoms with Crippen LogP contribution in [0.2, 0.25) is 0 Å². The van der Waals surface area contributed by atoms with Gasteiger partial charge in [-0.2, -0.15) is 0 Å². The Morgan fingerprint density at radius 2 is 1.85 bits per heavy atom. The summed E-state index contributed by atoms with van der Waals surface area (Å²) in [6, 6.07) is 4.22. The molecule has 0 unspecified atom stereocenters. The fraction of sp³-hybridized carbons (Fsp3) is 0.478. The molecule has 8 nitrogen and oxygen atoms in total. The van der Waals surface area contributed by atoms with Crippen LogP contribution >= 0.6 is 0 Å². The highest BCUT2D eigenvalue weighted by Gasteiger charge is 2.36. The number of hydroxylamine groups is 2. The van der Waals surface area contributed by atoms with Crippen molar-refractivity contribution in [2.45, 2.75) is 44.6 Å². The average molecular weight is 460 g/mol. The van der Waals surface area contributed by atoms with Crippen LogP contribution in [-0.2, 0) is 9.63 Å². The molecule has 0 spiro atoms. The van der Waals surface area contributed by atoms with E-state index < -0.39 is 23.6 Å². The largest absolute Gasteiger partial charge is 0.477 e. The molecule has 2 aliphatic rings. The number of rotatable bonds is 6. The molecule has 1 aromatic heterocycles. The van der Waals surface area contributed by atoms with Crippen LogP contribution < -0.4 is 10.5 Å². The fourth-order valence-electron chi connectivity index (χ4n) is 4.49. The fourth-order valence-corrected chi connectivity index (χ4v) is 4.49. The maximum Gasteiger partial charge on any atom is 0.267 e.